The third-order valence-corrected chi connectivity index (χ3v) is 1.93. The third-order valence-electron chi connectivity index (χ3n) is 1.93. The van der Waals surface area contributed by atoms with Gasteiger partial charge >= 0.3 is 5.97 Å². The van der Waals surface area contributed by atoms with Crippen molar-refractivity contribution < 1.29 is 15.0 Å². The predicted molar refractivity (Wildman–Crippen MR) is 60.7 cm³/mol. The molecular weight excluding hydrogens is 192 g/mol. The van der Waals surface area contributed by atoms with E-state index in [2.05, 4.69) is 6.08 Å². The summed E-state index contributed by atoms with van der Waals surface area (Å²) in [6, 6.07) is 0. The van der Waals surface area contributed by atoms with E-state index >= 15 is 0 Å². The summed E-state index contributed by atoms with van der Waals surface area (Å²) in [5, 5.41) is 16.9. The van der Waals surface area contributed by atoms with E-state index < -0.39 is 5.97 Å². The van der Waals surface area contributed by atoms with Gasteiger partial charge in [0.2, 0.25) is 0 Å². The molecular formula is C12H20O3. The molecule has 0 rings (SSSR count). The van der Waals surface area contributed by atoms with Crippen molar-refractivity contribution in [1.82, 2.24) is 0 Å². The number of allylic oxidation sites excluding steroid dienone is 3. The van der Waals surface area contributed by atoms with E-state index in [1.807, 2.05) is 12.2 Å². The molecule has 0 fully saturated rings. The van der Waals surface area contributed by atoms with Crippen molar-refractivity contribution in [3.8, 4) is 0 Å². The molecule has 3 heteroatoms. The number of carboxylic acids is 1. The fraction of sp³-hybridized carbons (Fsp3) is 0.583. The lowest BCUT2D eigenvalue weighted by molar-refractivity contribution is -0.136. The summed E-state index contributed by atoms with van der Waals surface area (Å²) in [6.45, 7) is 0.279. The SMILES string of the molecule is O=C(O)CC=CCC=CCCCCCO. The van der Waals surface area contributed by atoms with Gasteiger partial charge in [0.15, 0.2) is 0 Å². The van der Waals surface area contributed by atoms with Gasteiger partial charge in [-0.3, -0.25) is 4.79 Å². The lowest BCUT2D eigenvalue weighted by Crippen LogP contribution is -1.89. The van der Waals surface area contributed by atoms with E-state index in [1.165, 1.54) is 0 Å². The second-order valence-electron chi connectivity index (χ2n) is 3.35. The molecule has 0 aromatic rings. The summed E-state index contributed by atoms with van der Waals surface area (Å²) in [4.78, 5) is 10.1. The minimum atomic E-state index is -0.792. The molecule has 0 aliphatic heterocycles. The Bertz CT molecular complexity index is 207. The highest BCUT2D eigenvalue weighted by atomic mass is 16.4. The number of hydrogen-bond donors (Lipinski definition) is 2. The Hall–Kier alpha value is -1.09. The van der Waals surface area contributed by atoms with Crippen LogP contribution in [-0.2, 0) is 4.79 Å². The van der Waals surface area contributed by atoms with Crippen LogP contribution < -0.4 is 0 Å². The van der Waals surface area contributed by atoms with E-state index in [-0.39, 0.29) is 13.0 Å². The number of carbonyl (C=O) groups is 1. The van der Waals surface area contributed by atoms with Crippen molar-refractivity contribution in [2.24, 2.45) is 0 Å². The summed E-state index contributed by atoms with van der Waals surface area (Å²) in [5.74, 6) is -0.792. The summed E-state index contributed by atoms with van der Waals surface area (Å²) in [5.41, 5.74) is 0. The van der Waals surface area contributed by atoms with Crippen LogP contribution in [-0.4, -0.2) is 22.8 Å². The Morgan fingerprint density at radius 2 is 1.73 bits per heavy atom. The average Bonchev–Trinajstić information content (AvgIpc) is 2.20. The van der Waals surface area contributed by atoms with E-state index in [9.17, 15) is 4.79 Å². The van der Waals surface area contributed by atoms with Crippen LogP contribution in [0.3, 0.4) is 0 Å². The summed E-state index contributed by atoms with van der Waals surface area (Å²) >= 11 is 0. The monoisotopic (exact) mass is 212 g/mol. The maximum atomic E-state index is 10.1. The van der Waals surface area contributed by atoms with E-state index in [0.717, 1.165) is 32.1 Å². The van der Waals surface area contributed by atoms with Gasteiger partial charge < -0.3 is 10.2 Å². The first-order valence-corrected chi connectivity index (χ1v) is 5.40. The first-order chi connectivity index (χ1) is 7.27. The van der Waals surface area contributed by atoms with E-state index in [1.54, 1.807) is 6.08 Å². The first-order valence-electron chi connectivity index (χ1n) is 5.40. The van der Waals surface area contributed by atoms with Gasteiger partial charge in [-0.15, -0.1) is 0 Å². The maximum absolute atomic E-state index is 10.1. The molecule has 0 atom stereocenters. The van der Waals surface area contributed by atoms with Gasteiger partial charge in [0.05, 0.1) is 6.42 Å². The Kier molecular flexibility index (Phi) is 10.2. The maximum Gasteiger partial charge on any atom is 0.307 e. The van der Waals surface area contributed by atoms with Crippen molar-refractivity contribution in [1.29, 1.82) is 0 Å². The van der Waals surface area contributed by atoms with Crippen LogP contribution in [0, 0.1) is 0 Å². The zero-order valence-electron chi connectivity index (χ0n) is 9.06. The number of aliphatic carboxylic acids is 1. The molecule has 0 amide bonds. The minimum Gasteiger partial charge on any atom is -0.481 e. The molecule has 0 aliphatic rings. The Labute approximate surface area is 91.1 Å². The second-order valence-corrected chi connectivity index (χ2v) is 3.35. The van der Waals surface area contributed by atoms with Crippen molar-refractivity contribution >= 4 is 5.97 Å². The van der Waals surface area contributed by atoms with Crippen LogP contribution >= 0.6 is 0 Å². The highest BCUT2D eigenvalue weighted by Gasteiger charge is 1.87. The highest BCUT2D eigenvalue weighted by Crippen LogP contribution is 2.00. The third kappa shape index (κ3) is 12.9. The van der Waals surface area contributed by atoms with Gasteiger partial charge in [-0.25, -0.2) is 0 Å². The van der Waals surface area contributed by atoms with Gasteiger partial charge in [-0.2, -0.15) is 0 Å². The molecule has 0 heterocycles. The van der Waals surface area contributed by atoms with Crippen LogP contribution in [0.2, 0.25) is 0 Å². The van der Waals surface area contributed by atoms with Crippen molar-refractivity contribution in [2.75, 3.05) is 6.61 Å². The van der Waals surface area contributed by atoms with Gasteiger partial charge in [0.25, 0.3) is 0 Å². The molecule has 0 unspecified atom stereocenters. The normalized spacial score (nSPS) is 11.5. The lowest BCUT2D eigenvalue weighted by atomic mass is 10.2. The van der Waals surface area contributed by atoms with E-state index in [4.69, 9.17) is 10.2 Å². The Balaban J connectivity index is 3.23. The molecule has 0 aromatic carbocycles. The molecule has 86 valence electrons. The first kappa shape index (κ1) is 13.9. The molecule has 15 heavy (non-hydrogen) atoms. The molecule has 3 nitrogen and oxygen atoms in total. The Morgan fingerprint density at radius 1 is 1.00 bits per heavy atom. The number of unbranched alkanes of at least 4 members (excludes halogenated alkanes) is 3. The molecule has 0 spiro atoms. The number of rotatable bonds is 9. The topological polar surface area (TPSA) is 57.5 Å². The second kappa shape index (κ2) is 11.0. The minimum absolute atomic E-state index is 0.102. The van der Waals surface area contributed by atoms with Crippen LogP contribution in [0.1, 0.15) is 38.5 Å². The molecule has 0 saturated heterocycles. The van der Waals surface area contributed by atoms with E-state index in [0.29, 0.717) is 0 Å². The van der Waals surface area contributed by atoms with Crippen molar-refractivity contribution in [3.05, 3.63) is 24.3 Å². The largest absolute Gasteiger partial charge is 0.481 e. The zero-order chi connectivity index (χ0) is 11.4. The van der Waals surface area contributed by atoms with Crippen molar-refractivity contribution in [2.45, 2.75) is 38.5 Å². The molecule has 0 radical (unpaired) electrons. The predicted octanol–water partition coefficient (Wildman–Crippen LogP) is 2.52. The van der Waals surface area contributed by atoms with Gasteiger partial charge in [-0.1, -0.05) is 30.7 Å². The number of aliphatic hydroxyl groups excluding tert-OH is 1. The summed E-state index contributed by atoms with van der Waals surface area (Å²) in [6.07, 6.45) is 12.7. The average molecular weight is 212 g/mol. The molecule has 0 aliphatic carbocycles. The summed E-state index contributed by atoms with van der Waals surface area (Å²) in [7, 11) is 0. The highest BCUT2D eigenvalue weighted by molar-refractivity contribution is 5.68. The van der Waals surface area contributed by atoms with Crippen LogP contribution in [0.4, 0.5) is 0 Å². The fourth-order valence-electron chi connectivity index (χ4n) is 1.12. The zero-order valence-corrected chi connectivity index (χ0v) is 9.06. The summed E-state index contributed by atoms with van der Waals surface area (Å²) < 4.78 is 0. The quantitative estimate of drug-likeness (QED) is 0.456. The van der Waals surface area contributed by atoms with Crippen LogP contribution in [0.5, 0.6) is 0 Å². The fourth-order valence-corrected chi connectivity index (χ4v) is 1.12. The van der Waals surface area contributed by atoms with Gasteiger partial charge in [0.1, 0.15) is 0 Å². The van der Waals surface area contributed by atoms with Crippen LogP contribution in [0.15, 0.2) is 24.3 Å². The van der Waals surface area contributed by atoms with Crippen LogP contribution in [0.25, 0.3) is 0 Å². The standard InChI is InChI=1S/C12H20O3/c13-11-9-7-5-3-1-2-4-6-8-10-12(14)15/h1-2,6,8,13H,3-5,7,9-11H2,(H,14,15). The van der Waals surface area contributed by atoms with Gasteiger partial charge in [0, 0.05) is 6.61 Å². The van der Waals surface area contributed by atoms with Crippen molar-refractivity contribution in [3.63, 3.8) is 0 Å². The van der Waals surface area contributed by atoms with Gasteiger partial charge in [-0.05, 0) is 25.7 Å². The lowest BCUT2D eigenvalue weighted by Gasteiger charge is -1.93. The molecule has 0 aromatic heterocycles. The Morgan fingerprint density at radius 3 is 2.40 bits per heavy atom. The molecule has 0 saturated carbocycles. The number of hydrogen-bond acceptors (Lipinski definition) is 2. The number of aliphatic hydroxyl groups is 1. The molecule has 0 bridgehead atoms. The molecule has 2 N–H and O–H groups in total. The number of carboxylic acid groups (broad SMARTS) is 1. The smallest absolute Gasteiger partial charge is 0.307 e.